The van der Waals surface area contributed by atoms with E-state index in [4.69, 9.17) is 4.74 Å². The number of carbonyl (C=O) groups excluding carboxylic acids is 2. The van der Waals surface area contributed by atoms with Crippen LogP contribution in [0, 0.1) is 6.92 Å². The van der Waals surface area contributed by atoms with E-state index in [0.29, 0.717) is 20.7 Å². The Labute approximate surface area is 134 Å². The first-order valence-corrected chi connectivity index (χ1v) is 7.82. The first kappa shape index (κ1) is 15.7. The number of hydrogen-bond acceptors (Lipinski definition) is 5. The molecule has 0 spiro atoms. The van der Waals surface area contributed by atoms with E-state index in [1.807, 2.05) is 6.92 Å². The number of aryl methyl sites for hydroxylation is 1. The molecule has 2 heterocycles. The normalized spacial score (nSPS) is 10.2. The highest BCUT2D eigenvalue weighted by molar-refractivity contribution is 9.10. The smallest absolute Gasteiger partial charge is 0.341 e. The molecule has 0 radical (unpaired) electrons. The third-order valence-corrected chi connectivity index (χ3v) is 4.00. The van der Waals surface area contributed by atoms with Gasteiger partial charge in [-0.05, 0) is 48.0 Å². The molecular weight excluding hydrogens is 356 g/mol. The Kier molecular flexibility index (Phi) is 5.08. The molecule has 0 fully saturated rings. The van der Waals surface area contributed by atoms with E-state index in [-0.39, 0.29) is 12.5 Å². The molecule has 0 aliphatic heterocycles. The number of amides is 1. The fraction of sp³-hybridized carbons (Fsp3) is 0.214. The van der Waals surface area contributed by atoms with Crippen LogP contribution in [0.5, 0.6) is 0 Å². The number of pyridine rings is 1. The number of carbonyl (C=O) groups is 2. The molecule has 2 aromatic heterocycles. The van der Waals surface area contributed by atoms with E-state index >= 15 is 0 Å². The minimum atomic E-state index is -0.439. The SMILES string of the molecule is CCOC(=O)c1cc(C)sc1NC(=O)c1ccc(Br)nc1. The minimum absolute atomic E-state index is 0.289. The van der Waals surface area contributed by atoms with Gasteiger partial charge in [0.05, 0.1) is 17.7 Å². The fourth-order valence-electron chi connectivity index (χ4n) is 1.65. The number of nitrogens with one attached hydrogen (secondary N) is 1. The number of nitrogens with zero attached hydrogens (tertiary/aromatic N) is 1. The van der Waals surface area contributed by atoms with E-state index < -0.39 is 5.97 Å². The molecule has 0 aliphatic carbocycles. The number of esters is 1. The average Bonchev–Trinajstić information content (AvgIpc) is 2.80. The molecule has 1 N–H and O–H groups in total. The number of thiophene rings is 1. The van der Waals surface area contributed by atoms with Crippen molar-refractivity contribution < 1.29 is 14.3 Å². The largest absolute Gasteiger partial charge is 0.462 e. The second kappa shape index (κ2) is 6.82. The third-order valence-electron chi connectivity index (χ3n) is 2.57. The Hall–Kier alpha value is -1.73. The molecule has 0 bridgehead atoms. The maximum atomic E-state index is 12.2. The number of hydrogen-bond donors (Lipinski definition) is 1. The van der Waals surface area contributed by atoms with E-state index in [1.165, 1.54) is 17.5 Å². The zero-order valence-corrected chi connectivity index (χ0v) is 13.9. The van der Waals surface area contributed by atoms with Crippen LogP contribution in [0.1, 0.15) is 32.5 Å². The Balaban J connectivity index is 2.21. The zero-order chi connectivity index (χ0) is 15.4. The minimum Gasteiger partial charge on any atom is -0.462 e. The lowest BCUT2D eigenvalue weighted by Gasteiger charge is -2.06. The van der Waals surface area contributed by atoms with Gasteiger partial charge in [0, 0.05) is 11.1 Å². The van der Waals surface area contributed by atoms with Gasteiger partial charge in [-0.25, -0.2) is 9.78 Å². The van der Waals surface area contributed by atoms with Gasteiger partial charge in [-0.1, -0.05) is 0 Å². The Bertz CT molecular complexity index is 667. The molecule has 21 heavy (non-hydrogen) atoms. The van der Waals surface area contributed by atoms with Crippen LogP contribution in [0.2, 0.25) is 0 Å². The lowest BCUT2D eigenvalue weighted by atomic mass is 10.2. The summed E-state index contributed by atoms with van der Waals surface area (Å²) in [5.41, 5.74) is 0.789. The molecule has 2 rings (SSSR count). The number of ether oxygens (including phenoxy) is 1. The molecule has 1 amide bonds. The average molecular weight is 369 g/mol. The standard InChI is InChI=1S/C14H13BrN2O3S/c1-3-20-14(19)10-6-8(2)21-13(10)17-12(18)9-4-5-11(15)16-7-9/h4-7H,3H2,1-2H3,(H,17,18). The molecular formula is C14H13BrN2O3S. The van der Waals surface area contributed by atoms with Gasteiger partial charge in [0.15, 0.2) is 0 Å². The summed E-state index contributed by atoms with van der Waals surface area (Å²) in [6.45, 7) is 3.89. The van der Waals surface area contributed by atoms with Crippen LogP contribution in [0.25, 0.3) is 0 Å². The van der Waals surface area contributed by atoms with E-state index in [2.05, 4.69) is 26.2 Å². The molecule has 110 valence electrons. The summed E-state index contributed by atoms with van der Waals surface area (Å²) < 4.78 is 5.63. The van der Waals surface area contributed by atoms with Gasteiger partial charge in [0.1, 0.15) is 9.60 Å². The van der Waals surface area contributed by atoms with Crippen molar-refractivity contribution >= 4 is 44.1 Å². The topological polar surface area (TPSA) is 68.3 Å². The van der Waals surface area contributed by atoms with Crippen LogP contribution in [0.15, 0.2) is 29.0 Å². The first-order chi connectivity index (χ1) is 10.0. The maximum Gasteiger partial charge on any atom is 0.341 e. The van der Waals surface area contributed by atoms with Crippen molar-refractivity contribution in [2.75, 3.05) is 11.9 Å². The molecule has 0 saturated heterocycles. The zero-order valence-electron chi connectivity index (χ0n) is 11.5. The van der Waals surface area contributed by atoms with E-state index in [9.17, 15) is 9.59 Å². The van der Waals surface area contributed by atoms with Crippen LogP contribution >= 0.6 is 27.3 Å². The summed E-state index contributed by atoms with van der Waals surface area (Å²) >= 11 is 4.54. The molecule has 5 nitrogen and oxygen atoms in total. The number of halogens is 1. The summed E-state index contributed by atoms with van der Waals surface area (Å²) in [5, 5.41) is 3.21. The van der Waals surface area contributed by atoms with Gasteiger partial charge in [0.2, 0.25) is 0 Å². The van der Waals surface area contributed by atoms with Crippen molar-refractivity contribution in [3.63, 3.8) is 0 Å². The summed E-state index contributed by atoms with van der Waals surface area (Å²) in [7, 11) is 0. The fourth-order valence-corrected chi connectivity index (χ4v) is 2.78. The molecule has 0 aliphatic rings. The maximum absolute atomic E-state index is 12.2. The van der Waals surface area contributed by atoms with E-state index in [1.54, 1.807) is 25.1 Å². The van der Waals surface area contributed by atoms with Crippen LogP contribution < -0.4 is 5.32 Å². The summed E-state index contributed by atoms with van der Waals surface area (Å²) in [5.74, 6) is -0.756. The first-order valence-electron chi connectivity index (χ1n) is 6.21. The van der Waals surface area contributed by atoms with Crippen molar-refractivity contribution in [3.05, 3.63) is 45.0 Å². The monoisotopic (exact) mass is 368 g/mol. The summed E-state index contributed by atoms with van der Waals surface area (Å²) in [6, 6.07) is 5.04. The second-order valence-electron chi connectivity index (χ2n) is 4.14. The third kappa shape index (κ3) is 3.89. The molecule has 2 aromatic rings. The summed E-state index contributed by atoms with van der Waals surface area (Å²) in [4.78, 5) is 28.9. The van der Waals surface area contributed by atoms with Crippen molar-refractivity contribution in [3.8, 4) is 0 Å². The lowest BCUT2D eigenvalue weighted by molar-refractivity contribution is 0.0528. The quantitative estimate of drug-likeness (QED) is 0.660. The second-order valence-corrected chi connectivity index (χ2v) is 6.21. The van der Waals surface area contributed by atoms with Gasteiger partial charge in [0.25, 0.3) is 5.91 Å². The van der Waals surface area contributed by atoms with Crippen molar-refractivity contribution in [2.45, 2.75) is 13.8 Å². The summed E-state index contributed by atoms with van der Waals surface area (Å²) in [6.07, 6.45) is 1.46. The highest BCUT2D eigenvalue weighted by Crippen LogP contribution is 2.28. The Morgan fingerprint density at radius 1 is 1.43 bits per heavy atom. The number of anilines is 1. The van der Waals surface area contributed by atoms with E-state index in [0.717, 1.165) is 4.88 Å². The molecule has 0 unspecified atom stereocenters. The van der Waals surface area contributed by atoms with Crippen LogP contribution in [0.4, 0.5) is 5.00 Å². The highest BCUT2D eigenvalue weighted by atomic mass is 79.9. The predicted octanol–water partition coefficient (Wildman–Crippen LogP) is 3.64. The predicted molar refractivity (Wildman–Crippen MR) is 84.9 cm³/mol. The molecule has 7 heteroatoms. The van der Waals surface area contributed by atoms with Gasteiger partial charge in [-0.2, -0.15) is 0 Å². The van der Waals surface area contributed by atoms with Crippen LogP contribution in [-0.4, -0.2) is 23.5 Å². The van der Waals surface area contributed by atoms with Gasteiger partial charge < -0.3 is 10.1 Å². The van der Waals surface area contributed by atoms with Gasteiger partial charge in [-0.3, -0.25) is 4.79 Å². The highest BCUT2D eigenvalue weighted by Gasteiger charge is 2.18. The van der Waals surface area contributed by atoms with Gasteiger partial charge >= 0.3 is 5.97 Å². The van der Waals surface area contributed by atoms with Crippen molar-refractivity contribution in [2.24, 2.45) is 0 Å². The van der Waals surface area contributed by atoms with Crippen LogP contribution in [0.3, 0.4) is 0 Å². The molecule has 0 saturated carbocycles. The molecule has 0 aromatic carbocycles. The lowest BCUT2D eigenvalue weighted by Crippen LogP contribution is -2.14. The van der Waals surface area contributed by atoms with Crippen LogP contribution in [-0.2, 0) is 4.74 Å². The van der Waals surface area contributed by atoms with Gasteiger partial charge in [-0.15, -0.1) is 11.3 Å². The Morgan fingerprint density at radius 3 is 2.81 bits per heavy atom. The Morgan fingerprint density at radius 2 is 2.19 bits per heavy atom. The van der Waals surface area contributed by atoms with Crippen molar-refractivity contribution in [1.29, 1.82) is 0 Å². The number of aromatic nitrogens is 1. The van der Waals surface area contributed by atoms with Crippen molar-refractivity contribution in [1.82, 2.24) is 4.98 Å². The molecule has 0 atom stereocenters. The number of rotatable bonds is 4.